The van der Waals surface area contributed by atoms with E-state index in [1.54, 1.807) is 24.3 Å². The molecule has 3 aromatic rings. The van der Waals surface area contributed by atoms with Crippen LogP contribution in [0, 0.1) is 0 Å². The Morgan fingerprint density at radius 2 is 2.08 bits per heavy atom. The molecule has 1 aromatic carbocycles. The quantitative estimate of drug-likeness (QED) is 0.729. The van der Waals surface area contributed by atoms with E-state index in [1.807, 2.05) is 6.92 Å². The van der Waals surface area contributed by atoms with E-state index in [0.717, 1.165) is 0 Å². The van der Waals surface area contributed by atoms with Crippen LogP contribution in [0.15, 0.2) is 35.3 Å². The van der Waals surface area contributed by atoms with Crippen molar-refractivity contribution in [2.45, 2.75) is 13.3 Å². The molecule has 24 heavy (non-hydrogen) atoms. The lowest BCUT2D eigenvalue weighted by molar-refractivity contribution is -0.137. The Labute approximate surface area is 136 Å². The molecule has 8 nitrogen and oxygen atoms in total. The van der Waals surface area contributed by atoms with Crippen LogP contribution in [0.4, 0.5) is 0 Å². The monoisotopic (exact) mass is 328 g/mol. The first-order valence-corrected chi connectivity index (χ1v) is 7.52. The standard InChI is InChI=1S/C16H16N4O4/c1-2-7-19(9-13(21)22)16(24)11-8-17-20-12-6-4-3-5-10(12)15(23)18-14(11)20/h3-6,8H,2,7,9H2,1H3,(H,18,23)(H,21,22). The number of carboxylic acid groups (broad SMARTS) is 1. The van der Waals surface area contributed by atoms with Gasteiger partial charge in [0.25, 0.3) is 11.5 Å². The van der Waals surface area contributed by atoms with Crippen molar-refractivity contribution in [3.63, 3.8) is 0 Å². The number of carbonyl (C=O) groups is 2. The minimum absolute atomic E-state index is 0.174. The molecule has 0 bridgehead atoms. The lowest BCUT2D eigenvalue weighted by Gasteiger charge is -2.19. The van der Waals surface area contributed by atoms with Crippen molar-refractivity contribution in [2.24, 2.45) is 0 Å². The molecule has 0 aliphatic heterocycles. The fourth-order valence-electron chi connectivity index (χ4n) is 2.69. The number of carbonyl (C=O) groups excluding carboxylic acids is 1. The summed E-state index contributed by atoms with van der Waals surface area (Å²) in [5.74, 6) is -1.56. The van der Waals surface area contributed by atoms with Crippen LogP contribution in [0.2, 0.25) is 0 Å². The molecule has 8 heteroatoms. The van der Waals surface area contributed by atoms with E-state index in [-0.39, 0.29) is 16.8 Å². The largest absolute Gasteiger partial charge is 0.480 e. The second-order valence-corrected chi connectivity index (χ2v) is 5.41. The third-order valence-corrected chi connectivity index (χ3v) is 3.72. The zero-order chi connectivity index (χ0) is 17.3. The number of fused-ring (bicyclic) bond motifs is 3. The Balaban J connectivity index is 2.14. The Morgan fingerprint density at radius 1 is 1.33 bits per heavy atom. The zero-order valence-corrected chi connectivity index (χ0v) is 13.0. The molecule has 2 aromatic heterocycles. The Hall–Kier alpha value is -3.16. The number of rotatable bonds is 5. The van der Waals surface area contributed by atoms with Gasteiger partial charge in [-0.05, 0) is 18.6 Å². The lowest BCUT2D eigenvalue weighted by atomic mass is 10.2. The first kappa shape index (κ1) is 15.7. The van der Waals surface area contributed by atoms with Gasteiger partial charge < -0.3 is 15.0 Å². The zero-order valence-electron chi connectivity index (χ0n) is 13.0. The van der Waals surface area contributed by atoms with Crippen LogP contribution in [-0.2, 0) is 4.79 Å². The third-order valence-electron chi connectivity index (χ3n) is 3.72. The molecule has 1 amide bonds. The van der Waals surface area contributed by atoms with Gasteiger partial charge in [-0.25, -0.2) is 4.52 Å². The van der Waals surface area contributed by atoms with E-state index in [9.17, 15) is 14.4 Å². The molecular formula is C16H16N4O4. The highest BCUT2D eigenvalue weighted by atomic mass is 16.4. The van der Waals surface area contributed by atoms with Gasteiger partial charge in [-0.15, -0.1) is 0 Å². The van der Waals surface area contributed by atoms with Gasteiger partial charge >= 0.3 is 5.97 Å². The van der Waals surface area contributed by atoms with Crippen molar-refractivity contribution in [1.29, 1.82) is 0 Å². The summed E-state index contributed by atoms with van der Waals surface area (Å²) in [7, 11) is 0. The van der Waals surface area contributed by atoms with Crippen molar-refractivity contribution >= 4 is 28.4 Å². The summed E-state index contributed by atoms with van der Waals surface area (Å²) >= 11 is 0. The molecule has 2 heterocycles. The van der Waals surface area contributed by atoms with Gasteiger partial charge in [0.1, 0.15) is 17.8 Å². The average Bonchev–Trinajstić information content (AvgIpc) is 2.97. The molecule has 0 spiro atoms. The van der Waals surface area contributed by atoms with Crippen molar-refractivity contribution in [3.8, 4) is 0 Å². The maximum atomic E-state index is 12.7. The molecule has 0 fully saturated rings. The number of nitrogens with zero attached hydrogens (tertiary/aromatic N) is 3. The van der Waals surface area contributed by atoms with Crippen LogP contribution in [0.3, 0.4) is 0 Å². The SMILES string of the molecule is CCCN(CC(=O)O)C(=O)c1cnn2c1[nH]c(=O)c1ccccc12. The molecule has 0 unspecified atom stereocenters. The first-order chi connectivity index (χ1) is 11.5. The number of H-pyrrole nitrogens is 1. The second-order valence-electron chi connectivity index (χ2n) is 5.41. The van der Waals surface area contributed by atoms with Gasteiger partial charge in [-0.2, -0.15) is 5.10 Å². The summed E-state index contributed by atoms with van der Waals surface area (Å²) in [5, 5.41) is 13.6. The van der Waals surface area contributed by atoms with E-state index < -0.39 is 18.4 Å². The molecule has 0 atom stereocenters. The van der Waals surface area contributed by atoms with Crippen molar-refractivity contribution in [2.75, 3.05) is 13.1 Å². The second kappa shape index (κ2) is 6.15. The van der Waals surface area contributed by atoms with Crippen molar-refractivity contribution < 1.29 is 14.7 Å². The van der Waals surface area contributed by atoms with Gasteiger partial charge in [0.05, 0.1) is 17.1 Å². The minimum Gasteiger partial charge on any atom is -0.480 e. The summed E-state index contributed by atoms with van der Waals surface area (Å²) in [5.41, 5.74) is 0.686. The molecule has 0 aliphatic rings. The van der Waals surface area contributed by atoms with Crippen LogP contribution < -0.4 is 5.56 Å². The summed E-state index contributed by atoms with van der Waals surface area (Å²) in [6.07, 6.45) is 1.97. The van der Waals surface area contributed by atoms with Gasteiger partial charge in [0, 0.05) is 6.54 Å². The predicted octanol–water partition coefficient (Wildman–Crippen LogP) is 1.11. The lowest BCUT2D eigenvalue weighted by Crippen LogP contribution is -2.36. The van der Waals surface area contributed by atoms with Crippen LogP contribution in [-0.4, -0.2) is 49.6 Å². The molecule has 0 saturated heterocycles. The number of nitrogens with one attached hydrogen (secondary N) is 1. The van der Waals surface area contributed by atoms with Crippen LogP contribution in [0.5, 0.6) is 0 Å². The Kier molecular flexibility index (Phi) is 4.03. The third kappa shape index (κ3) is 2.62. The van der Waals surface area contributed by atoms with Gasteiger partial charge in [-0.1, -0.05) is 19.1 Å². The van der Waals surface area contributed by atoms with E-state index >= 15 is 0 Å². The highest BCUT2D eigenvalue weighted by Gasteiger charge is 2.22. The normalized spacial score (nSPS) is 11.0. The highest BCUT2D eigenvalue weighted by Crippen LogP contribution is 2.16. The van der Waals surface area contributed by atoms with Crippen LogP contribution in [0.1, 0.15) is 23.7 Å². The molecule has 3 rings (SSSR count). The Bertz CT molecular complexity index is 989. The number of para-hydroxylation sites is 1. The van der Waals surface area contributed by atoms with Gasteiger partial charge in [-0.3, -0.25) is 14.4 Å². The fraction of sp³-hybridized carbons (Fsp3) is 0.250. The average molecular weight is 328 g/mol. The number of hydrogen-bond acceptors (Lipinski definition) is 4. The van der Waals surface area contributed by atoms with Gasteiger partial charge in [0.2, 0.25) is 0 Å². The summed E-state index contributed by atoms with van der Waals surface area (Å²) < 4.78 is 1.48. The fourth-order valence-corrected chi connectivity index (χ4v) is 2.69. The topological polar surface area (TPSA) is 108 Å². The maximum Gasteiger partial charge on any atom is 0.323 e. The van der Waals surface area contributed by atoms with Crippen LogP contribution >= 0.6 is 0 Å². The first-order valence-electron chi connectivity index (χ1n) is 7.52. The molecule has 0 saturated carbocycles. The number of hydrogen-bond donors (Lipinski definition) is 2. The predicted molar refractivity (Wildman–Crippen MR) is 87.1 cm³/mol. The highest BCUT2D eigenvalue weighted by molar-refractivity contribution is 6.01. The van der Waals surface area contributed by atoms with Crippen molar-refractivity contribution in [3.05, 3.63) is 46.4 Å². The van der Waals surface area contributed by atoms with E-state index in [0.29, 0.717) is 23.9 Å². The molecule has 0 aliphatic carbocycles. The van der Waals surface area contributed by atoms with E-state index in [1.165, 1.54) is 15.6 Å². The minimum atomic E-state index is -1.09. The molecular weight excluding hydrogens is 312 g/mol. The number of benzene rings is 1. The number of aromatic nitrogens is 3. The molecule has 0 radical (unpaired) electrons. The molecule has 2 N–H and O–H groups in total. The number of aliphatic carboxylic acids is 1. The summed E-state index contributed by atoms with van der Waals surface area (Å²) in [6, 6.07) is 6.93. The van der Waals surface area contributed by atoms with E-state index in [2.05, 4.69) is 10.1 Å². The smallest absolute Gasteiger partial charge is 0.323 e. The Morgan fingerprint density at radius 3 is 2.79 bits per heavy atom. The summed E-state index contributed by atoms with van der Waals surface area (Å²) in [6.45, 7) is 1.76. The number of amides is 1. The number of carboxylic acids is 1. The maximum absolute atomic E-state index is 12.7. The van der Waals surface area contributed by atoms with Crippen molar-refractivity contribution in [1.82, 2.24) is 19.5 Å². The summed E-state index contributed by atoms with van der Waals surface area (Å²) in [4.78, 5) is 39.8. The van der Waals surface area contributed by atoms with Crippen LogP contribution in [0.25, 0.3) is 16.6 Å². The van der Waals surface area contributed by atoms with Gasteiger partial charge in [0.15, 0.2) is 0 Å². The molecule has 124 valence electrons. The number of aromatic amines is 1. The van der Waals surface area contributed by atoms with E-state index in [4.69, 9.17) is 5.11 Å².